The summed E-state index contributed by atoms with van der Waals surface area (Å²) < 4.78 is 0. The van der Waals surface area contributed by atoms with Crippen molar-refractivity contribution in [1.29, 1.82) is 0 Å². The highest BCUT2D eigenvalue weighted by Gasteiger charge is 2.09. The molecule has 0 fully saturated rings. The van der Waals surface area contributed by atoms with Crippen LogP contribution in [-0.2, 0) is 24.1 Å². The number of carbonyl (C=O) groups excluding carboxylic acids is 1. The van der Waals surface area contributed by atoms with Crippen LogP contribution < -0.4 is 11.1 Å². The maximum absolute atomic E-state index is 10.6. The standard InChI is InChI=1S/C16H17N.C11H15NO2/c1-2-5-13(6-3-1)11-14-8-9-16-15(12-14)7-4-10-17-16;1-7-5-9(13)6-8(2)10(7)3-4-11(12)14/h1-3,5-6,8-9,12,17H,4,7,10-11H2;5-6,13H,3-4H2,1-2H3,(H2,12,14). The van der Waals surface area contributed by atoms with Crippen molar-refractivity contribution >= 4 is 11.6 Å². The Morgan fingerprint density at radius 3 is 2.39 bits per heavy atom. The molecule has 4 N–H and O–H groups in total. The molecule has 31 heavy (non-hydrogen) atoms. The van der Waals surface area contributed by atoms with Gasteiger partial charge in [-0.3, -0.25) is 4.79 Å². The predicted octanol–water partition coefficient (Wildman–Crippen LogP) is 5.06. The number of nitrogens with two attached hydrogens (primary N) is 1. The minimum absolute atomic E-state index is 0.267. The van der Waals surface area contributed by atoms with Gasteiger partial charge in [-0.15, -0.1) is 0 Å². The number of hydrogen-bond donors (Lipinski definition) is 3. The van der Waals surface area contributed by atoms with Gasteiger partial charge in [-0.1, -0.05) is 42.5 Å². The van der Waals surface area contributed by atoms with E-state index in [4.69, 9.17) is 5.73 Å². The monoisotopic (exact) mass is 416 g/mol. The first kappa shape index (κ1) is 22.4. The maximum Gasteiger partial charge on any atom is 0.217 e. The zero-order valence-corrected chi connectivity index (χ0v) is 18.4. The first-order valence-electron chi connectivity index (χ1n) is 10.9. The second-order valence-corrected chi connectivity index (χ2v) is 8.21. The number of primary amides is 1. The summed E-state index contributed by atoms with van der Waals surface area (Å²) in [6.07, 6.45) is 4.50. The Labute approximate surface area is 185 Å². The van der Waals surface area contributed by atoms with Gasteiger partial charge in [0.25, 0.3) is 0 Å². The second kappa shape index (κ2) is 10.7. The van der Waals surface area contributed by atoms with Crippen LogP contribution in [0.3, 0.4) is 0 Å². The van der Waals surface area contributed by atoms with Crippen molar-refractivity contribution < 1.29 is 9.90 Å². The van der Waals surface area contributed by atoms with Gasteiger partial charge in [-0.05, 0) is 91.1 Å². The summed E-state index contributed by atoms with van der Waals surface area (Å²) in [6.45, 7) is 4.96. The van der Waals surface area contributed by atoms with Crippen LogP contribution in [-0.4, -0.2) is 17.6 Å². The number of anilines is 1. The van der Waals surface area contributed by atoms with E-state index in [1.165, 1.54) is 35.2 Å². The zero-order valence-electron chi connectivity index (χ0n) is 18.4. The number of amides is 1. The quantitative estimate of drug-likeness (QED) is 0.544. The number of benzene rings is 3. The van der Waals surface area contributed by atoms with E-state index in [0.29, 0.717) is 12.8 Å². The van der Waals surface area contributed by atoms with Gasteiger partial charge < -0.3 is 16.2 Å². The van der Waals surface area contributed by atoms with Crippen LogP contribution in [0.4, 0.5) is 5.69 Å². The molecule has 0 saturated carbocycles. The van der Waals surface area contributed by atoms with Gasteiger partial charge in [-0.25, -0.2) is 0 Å². The SMILES string of the molecule is Cc1cc(O)cc(C)c1CCC(N)=O.c1ccc(Cc2ccc3c(c2)CCCN3)cc1. The molecule has 0 saturated heterocycles. The van der Waals surface area contributed by atoms with E-state index in [1.807, 2.05) is 13.8 Å². The normalized spacial score (nSPS) is 12.2. The molecule has 0 aliphatic carbocycles. The minimum Gasteiger partial charge on any atom is -0.508 e. The summed E-state index contributed by atoms with van der Waals surface area (Å²) in [7, 11) is 0. The molecule has 1 heterocycles. The van der Waals surface area contributed by atoms with Crippen LogP contribution in [0.15, 0.2) is 60.7 Å². The average Bonchev–Trinajstić information content (AvgIpc) is 2.74. The Kier molecular flexibility index (Phi) is 7.71. The van der Waals surface area contributed by atoms with E-state index in [1.54, 1.807) is 12.1 Å². The number of phenolic OH excluding ortho intramolecular Hbond substituents is 1. The number of rotatable bonds is 5. The lowest BCUT2D eigenvalue weighted by molar-refractivity contribution is -0.117. The molecule has 3 aromatic carbocycles. The molecule has 0 spiro atoms. The van der Waals surface area contributed by atoms with Crippen LogP contribution in [0.1, 0.15) is 46.2 Å². The van der Waals surface area contributed by atoms with Gasteiger partial charge in [0.1, 0.15) is 5.75 Å². The number of fused-ring (bicyclic) bond motifs is 1. The fourth-order valence-corrected chi connectivity index (χ4v) is 4.08. The number of carbonyl (C=O) groups is 1. The third-order valence-corrected chi connectivity index (χ3v) is 5.66. The highest BCUT2D eigenvalue weighted by atomic mass is 16.3. The predicted molar refractivity (Wildman–Crippen MR) is 128 cm³/mol. The highest BCUT2D eigenvalue weighted by Crippen LogP contribution is 2.24. The van der Waals surface area contributed by atoms with E-state index in [9.17, 15) is 9.90 Å². The molecule has 162 valence electrons. The smallest absolute Gasteiger partial charge is 0.217 e. The van der Waals surface area contributed by atoms with Crippen LogP contribution in [0, 0.1) is 13.8 Å². The summed E-state index contributed by atoms with van der Waals surface area (Å²) >= 11 is 0. The van der Waals surface area contributed by atoms with Crippen molar-refractivity contribution in [2.24, 2.45) is 5.73 Å². The Morgan fingerprint density at radius 2 is 1.71 bits per heavy atom. The van der Waals surface area contributed by atoms with E-state index in [-0.39, 0.29) is 11.7 Å². The summed E-state index contributed by atoms with van der Waals surface area (Å²) in [4.78, 5) is 10.6. The summed E-state index contributed by atoms with van der Waals surface area (Å²) in [5, 5.41) is 12.8. The van der Waals surface area contributed by atoms with Crippen molar-refractivity contribution in [2.45, 2.75) is 46.0 Å². The van der Waals surface area contributed by atoms with Crippen molar-refractivity contribution in [2.75, 3.05) is 11.9 Å². The number of aryl methyl sites for hydroxylation is 3. The fraction of sp³-hybridized carbons (Fsp3) is 0.296. The Morgan fingerprint density at radius 1 is 1.00 bits per heavy atom. The number of phenols is 1. The molecule has 1 aliphatic rings. The third kappa shape index (κ3) is 6.61. The molecule has 1 aliphatic heterocycles. The molecular formula is C27H32N2O2. The molecular weight excluding hydrogens is 384 g/mol. The summed E-state index contributed by atoms with van der Waals surface area (Å²) in [5.41, 5.74) is 13.8. The molecule has 3 aromatic rings. The van der Waals surface area contributed by atoms with Gasteiger partial charge in [0.15, 0.2) is 0 Å². The van der Waals surface area contributed by atoms with Crippen LogP contribution in [0.5, 0.6) is 5.75 Å². The molecule has 0 bridgehead atoms. The maximum atomic E-state index is 10.6. The Bertz CT molecular complexity index is 1010. The zero-order chi connectivity index (χ0) is 22.2. The first-order chi connectivity index (χ1) is 14.9. The molecule has 0 atom stereocenters. The average molecular weight is 417 g/mol. The van der Waals surface area contributed by atoms with E-state index < -0.39 is 0 Å². The largest absolute Gasteiger partial charge is 0.508 e. The molecule has 1 amide bonds. The molecule has 4 rings (SSSR count). The van der Waals surface area contributed by atoms with E-state index in [0.717, 1.165) is 29.7 Å². The number of hydrogen-bond acceptors (Lipinski definition) is 3. The fourth-order valence-electron chi connectivity index (χ4n) is 4.08. The lowest BCUT2D eigenvalue weighted by atomic mass is 9.97. The summed E-state index contributed by atoms with van der Waals surface area (Å²) in [5.74, 6) is -0.0281. The molecule has 0 aromatic heterocycles. The number of nitrogens with one attached hydrogen (secondary N) is 1. The van der Waals surface area contributed by atoms with Crippen LogP contribution >= 0.6 is 0 Å². The molecule has 0 unspecified atom stereocenters. The highest BCUT2D eigenvalue weighted by molar-refractivity contribution is 5.74. The molecule has 4 heteroatoms. The van der Waals surface area contributed by atoms with Crippen molar-refractivity contribution in [3.8, 4) is 5.75 Å². The lowest BCUT2D eigenvalue weighted by Crippen LogP contribution is -2.12. The van der Waals surface area contributed by atoms with Gasteiger partial charge in [0.2, 0.25) is 5.91 Å². The van der Waals surface area contributed by atoms with E-state index >= 15 is 0 Å². The van der Waals surface area contributed by atoms with Gasteiger partial charge >= 0.3 is 0 Å². The Hall–Kier alpha value is -3.27. The van der Waals surface area contributed by atoms with Crippen molar-refractivity contribution in [3.63, 3.8) is 0 Å². The van der Waals surface area contributed by atoms with E-state index in [2.05, 4.69) is 53.8 Å². The van der Waals surface area contributed by atoms with Gasteiger partial charge in [0, 0.05) is 18.7 Å². The first-order valence-corrected chi connectivity index (χ1v) is 10.9. The summed E-state index contributed by atoms with van der Waals surface area (Å²) in [6, 6.07) is 20.9. The topological polar surface area (TPSA) is 75.3 Å². The van der Waals surface area contributed by atoms with Crippen molar-refractivity contribution in [1.82, 2.24) is 0 Å². The lowest BCUT2D eigenvalue weighted by Gasteiger charge is -2.18. The third-order valence-electron chi connectivity index (χ3n) is 5.66. The van der Waals surface area contributed by atoms with Crippen molar-refractivity contribution in [3.05, 3.63) is 94.0 Å². The molecule has 4 nitrogen and oxygen atoms in total. The van der Waals surface area contributed by atoms with Crippen LogP contribution in [0.25, 0.3) is 0 Å². The number of aromatic hydroxyl groups is 1. The molecule has 0 radical (unpaired) electrons. The second-order valence-electron chi connectivity index (χ2n) is 8.21. The van der Waals surface area contributed by atoms with Gasteiger partial charge in [0.05, 0.1) is 0 Å². The van der Waals surface area contributed by atoms with Crippen LogP contribution in [0.2, 0.25) is 0 Å². The van der Waals surface area contributed by atoms with Gasteiger partial charge in [-0.2, -0.15) is 0 Å². The Balaban J connectivity index is 0.000000180. The minimum atomic E-state index is -0.295.